The van der Waals surface area contributed by atoms with Crippen LogP contribution >= 0.6 is 18.6 Å². The van der Waals surface area contributed by atoms with Crippen LogP contribution in [0.5, 0.6) is 5.75 Å². The first-order chi connectivity index (χ1) is 10.0. The Bertz CT molecular complexity index is 621. The van der Waals surface area contributed by atoms with Gasteiger partial charge in [-0.05, 0) is 30.7 Å². The zero-order chi connectivity index (χ0) is 15.8. The Balaban J connectivity index is 0.000000677. The molecule has 3 nitrogen and oxygen atoms in total. The molecule has 0 saturated carbocycles. The molecule has 110 valence electrons. The average molecular weight is 367 g/mol. The molecule has 21 heavy (non-hydrogen) atoms. The van der Waals surface area contributed by atoms with E-state index in [-0.39, 0.29) is 11.4 Å². The average Bonchev–Trinajstić information content (AvgIpc) is 2.43. The topological polar surface area (TPSA) is 45.0 Å². The molecule has 0 fully saturated rings. The molecular formula is C13H10Cl2F2N2OTi. The van der Waals surface area contributed by atoms with Crippen molar-refractivity contribution in [2.24, 2.45) is 10.2 Å². The van der Waals surface area contributed by atoms with Crippen LogP contribution in [0.25, 0.3) is 0 Å². The maximum absolute atomic E-state index is 13.3. The number of hydrogen-bond donors (Lipinski definition) is 1. The molecule has 0 aliphatic heterocycles. The van der Waals surface area contributed by atoms with E-state index in [9.17, 15) is 13.9 Å². The third kappa shape index (κ3) is 5.36. The summed E-state index contributed by atoms with van der Waals surface area (Å²) in [5, 5.41) is 16.8. The number of para-hydroxylation sites is 1. The molecule has 0 spiro atoms. The van der Waals surface area contributed by atoms with Crippen molar-refractivity contribution in [2.75, 3.05) is 0 Å². The monoisotopic (exact) mass is 366 g/mol. The van der Waals surface area contributed by atoms with Crippen LogP contribution in [0.3, 0.4) is 0 Å². The zero-order valence-corrected chi connectivity index (χ0v) is 13.9. The van der Waals surface area contributed by atoms with Crippen molar-refractivity contribution in [1.82, 2.24) is 0 Å². The van der Waals surface area contributed by atoms with Crippen LogP contribution in [-0.2, 0) is 17.0 Å². The summed E-state index contributed by atoms with van der Waals surface area (Å²) in [5.74, 6) is -1.66. The Morgan fingerprint density at radius 1 is 1.00 bits per heavy atom. The van der Waals surface area contributed by atoms with E-state index in [0.29, 0.717) is 5.56 Å². The fourth-order valence-corrected chi connectivity index (χ4v) is 1.41. The fraction of sp³-hybridized carbons (Fsp3) is 0.0769. The van der Waals surface area contributed by atoms with Gasteiger partial charge in [0, 0.05) is 0 Å². The van der Waals surface area contributed by atoms with E-state index >= 15 is 0 Å². The van der Waals surface area contributed by atoms with Gasteiger partial charge in [0.15, 0.2) is 17.3 Å². The van der Waals surface area contributed by atoms with E-state index in [2.05, 4.69) is 10.2 Å². The van der Waals surface area contributed by atoms with Crippen LogP contribution in [0, 0.1) is 18.6 Å². The molecule has 0 aliphatic rings. The van der Waals surface area contributed by atoms with E-state index < -0.39 is 34.4 Å². The van der Waals surface area contributed by atoms with Crippen LogP contribution in [0.15, 0.2) is 46.6 Å². The van der Waals surface area contributed by atoms with Crippen LogP contribution < -0.4 is 0 Å². The summed E-state index contributed by atoms with van der Waals surface area (Å²) in [6, 6.07) is 8.29. The van der Waals surface area contributed by atoms with Crippen molar-refractivity contribution in [3.63, 3.8) is 0 Å². The summed E-state index contributed by atoms with van der Waals surface area (Å²) in [6.45, 7) is 1.69. The molecular weight excluding hydrogens is 357 g/mol. The molecule has 0 bridgehead atoms. The molecule has 0 aromatic heterocycles. The number of aromatic hydroxyl groups is 1. The van der Waals surface area contributed by atoms with E-state index in [1.807, 2.05) is 0 Å². The van der Waals surface area contributed by atoms with Crippen molar-refractivity contribution in [3.8, 4) is 5.75 Å². The van der Waals surface area contributed by atoms with E-state index in [0.717, 1.165) is 12.1 Å². The van der Waals surface area contributed by atoms with Gasteiger partial charge in [-0.15, -0.1) is 10.2 Å². The Labute approximate surface area is 137 Å². The second-order valence-corrected chi connectivity index (χ2v) is 6.36. The normalized spacial score (nSPS) is 10.1. The number of nitrogens with zero attached hydrogens (tertiary/aromatic N) is 2. The first kappa shape index (κ1) is 18.0. The number of aryl methyl sites for hydroxylation is 1. The van der Waals surface area contributed by atoms with Crippen molar-refractivity contribution >= 4 is 30.0 Å². The van der Waals surface area contributed by atoms with Crippen molar-refractivity contribution in [1.29, 1.82) is 0 Å². The van der Waals surface area contributed by atoms with Crippen LogP contribution in [-0.4, -0.2) is 5.11 Å². The molecule has 0 atom stereocenters. The molecule has 0 amide bonds. The van der Waals surface area contributed by atoms with E-state index in [4.69, 9.17) is 18.6 Å². The summed E-state index contributed by atoms with van der Waals surface area (Å²) < 4.78 is 26.6. The van der Waals surface area contributed by atoms with Gasteiger partial charge in [-0.1, -0.05) is 18.2 Å². The number of azo groups is 1. The summed E-state index contributed by atoms with van der Waals surface area (Å²) in [7, 11) is 9.78. The van der Waals surface area contributed by atoms with Gasteiger partial charge in [0.25, 0.3) is 0 Å². The maximum atomic E-state index is 13.3. The number of phenols is 1. The molecule has 8 heteroatoms. The summed E-state index contributed by atoms with van der Waals surface area (Å²) >= 11 is -0.556. The predicted octanol–water partition coefficient (Wildman–Crippen LogP) is 5.77. The molecule has 0 radical (unpaired) electrons. The number of halogens is 4. The summed E-state index contributed by atoms with van der Waals surface area (Å²) in [4.78, 5) is 0. The van der Waals surface area contributed by atoms with Crippen LogP contribution in [0.1, 0.15) is 5.56 Å². The molecule has 2 rings (SSSR count). The van der Waals surface area contributed by atoms with Gasteiger partial charge in [-0.2, -0.15) is 0 Å². The van der Waals surface area contributed by atoms with Crippen LogP contribution in [0.2, 0.25) is 0 Å². The molecule has 0 saturated heterocycles. The van der Waals surface area contributed by atoms with Crippen molar-refractivity contribution in [2.45, 2.75) is 6.92 Å². The number of phenolic OH excluding ortho intramolecular Hbond substituents is 1. The summed E-state index contributed by atoms with van der Waals surface area (Å²) in [5.41, 5.74) is 0.302. The third-order valence-electron chi connectivity index (χ3n) is 2.41. The molecule has 0 heterocycles. The van der Waals surface area contributed by atoms with Gasteiger partial charge in [0.05, 0.1) is 0 Å². The van der Waals surface area contributed by atoms with Gasteiger partial charge in [-0.25, -0.2) is 8.78 Å². The minimum atomic E-state index is -0.800. The molecule has 1 N–H and O–H groups in total. The first-order valence-corrected chi connectivity index (χ1v) is 9.91. The summed E-state index contributed by atoms with van der Waals surface area (Å²) in [6.07, 6.45) is 0. The molecule has 0 unspecified atom stereocenters. The Morgan fingerprint density at radius 3 is 2.10 bits per heavy atom. The van der Waals surface area contributed by atoms with Gasteiger partial charge >= 0.3 is 35.6 Å². The van der Waals surface area contributed by atoms with Crippen molar-refractivity contribution < 1.29 is 30.9 Å². The zero-order valence-electron chi connectivity index (χ0n) is 10.8. The third-order valence-corrected chi connectivity index (χ3v) is 2.41. The predicted molar refractivity (Wildman–Crippen MR) is 75.1 cm³/mol. The Hall–Kier alpha value is -1.01. The molecule has 2 aromatic rings. The van der Waals surface area contributed by atoms with Crippen LogP contribution in [0.4, 0.5) is 20.2 Å². The van der Waals surface area contributed by atoms with E-state index in [1.165, 1.54) is 12.1 Å². The quantitative estimate of drug-likeness (QED) is 0.532. The standard InChI is InChI=1S/C13H10F2N2O.2ClH.Ti/c1-8-4-2-7-11(13(8)18)16-17-12-9(14)5-3-6-10(12)15;;;/h2-7,18H,1H3;2*1H;/q;;;+2/p-2. The number of rotatable bonds is 2. The van der Waals surface area contributed by atoms with Gasteiger partial charge in [0.2, 0.25) is 0 Å². The SMILES string of the molecule is Cc1cccc(N=Nc2c(F)cccc2F)c1O.[Cl][Ti][Cl]. The molecule has 0 aliphatic carbocycles. The van der Waals surface area contributed by atoms with Gasteiger partial charge in [-0.3, -0.25) is 0 Å². The van der Waals surface area contributed by atoms with Crippen molar-refractivity contribution in [3.05, 3.63) is 53.6 Å². The van der Waals surface area contributed by atoms with Gasteiger partial charge < -0.3 is 5.11 Å². The Kier molecular flexibility index (Phi) is 7.82. The van der Waals surface area contributed by atoms with E-state index in [1.54, 1.807) is 19.1 Å². The number of benzene rings is 2. The minimum absolute atomic E-state index is 0.0574. The van der Waals surface area contributed by atoms with Gasteiger partial charge in [0.1, 0.15) is 11.4 Å². The Morgan fingerprint density at radius 2 is 1.52 bits per heavy atom. The number of hydrogen-bond acceptors (Lipinski definition) is 3. The molecule has 2 aromatic carbocycles. The fourth-order valence-electron chi connectivity index (χ4n) is 1.41. The first-order valence-electron chi connectivity index (χ1n) is 5.61. The second-order valence-electron chi connectivity index (χ2n) is 3.78. The second kappa shape index (κ2) is 9.10.